The van der Waals surface area contributed by atoms with E-state index < -0.39 is 40.3 Å². The Labute approximate surface area is 337 Å². The molecule has 0 radical (unpaired) electrons. The molecular formula is C46H61N3O8. The number of likely N-dealkylation sites (N-methyl/N-ethyl adjacent to an activating group) is 1. The third-order valence-corrected chi connectivity index (χ3v) is 14.0. The van der Waals surface area contributed by atoms with Crippen molar-refractivity contribution in [2.24, 2.45) is 17.8 Å². The van der Waals surface area contributed by atoms with Crippen LogP contribution in [0.5, 0.6) is 17.2 Å². The van der Waals surface area contributed by atoms with Gasteiger partial charge in [0.05, 0.1) is 30.3 Å². The second-order valence-corrected chi connectivity index (χ2v) is 18.7. The Hall–Kier alpha value is -3.77. The average molecular weight is 784 g/mol. The summed E-state index contributed by atoms with van der Waals surface area (Å²) in [6.07, 6.45) is 14.0. The predicted octanol–water partition coefficient (Wildman–Crippen LogP) is 5.93. The van der Waals surface area contributed by atoms with Gasteiger partial charge in [0.1, 0.15) is 28.4 Å². The fraction of sp³-hybridized carbons (Fsp3) is 0.630. The second kappa shape index (κ2) is 14.5. The lowest BCUT2D eigenvalue weighted by Crippen LogP contribution is -2.82. The fourth-order valence-corrected chi connectivity index (χ4v) is 11.2. The van der Waals surface area contributed by atoms with E-state index >= 15 is 9.59 Å². The second-order valence-electron chi connectivity index (χ2n) is 18.7. The molecule has 308 valence electrons. The van der Waals surface area contributed by atoms with Crippen molar-refractivity contribution in [1.29, 1.82) is 0 Å². The summed E-state index contributed by atoms with van der Waals surface area (Å²) < 4.78 is 27.4. The number of hydrogen-bond acceptors (Lipinski definition) is 10. The largest absolute Gasteiger partial charge is 0.506 e. The van der Waals surface area contributed by atoms with Crippen LogP contribution in [0, 0.1) is 17.8 Å². The first kappa shape index (κ1) is 40.0. The number of morpholine rings is 1. The van der Waals surface area contributed by atoms with Gasteiger partial charge in [0.2, 0.25) is 5.91 Å². The van der Waals surface area contributed by atoms with E-state index in [2.05, 4.69) is 35.8 Å². The molecule has 7 atom stereocenters. The van der Waals surface area contributed by atoms with Crippen molar-refractivity contribution in [3.8, 4) is 17.2 Å². The molecule has 8 aliphatic rings. The van der Waals surface area contributed by atoms with Crippen LogP contribution in [0.2, 0.25) is 0 Å². The zero-order valence-electron chi connectivity index (χ0n) is 35.1. The van der Waals surface area contributed by atoms with E-state index in [4.69, 9.17) is 18.9 Å². The van der Waals surface area contributed by atoms with Crippen LogP contribution in [0.25, 0.3) is 6.08 Å². The molecule has 11 heteroatoms. The van der Waals surface area contributed by atoms with Gasteiger partial charge in [0, 0.05) is 69.1 Å². The van der Waals surface area contributed by atoms with Gasteiger partial charge in [-0.15, -0.1) is 0 Å². The van der Waals surface area contributed by atoms with Crippen LogP contribution in [-0.2, 0) is 25.5 Å². The van der Waals surface area contributed by atoms with Gasteiger partial charge < -0.3 is 33.9 Å². The molecule has 1 aromatic carbocycles. The molecule has 5 heterocycles. The summed E-state index contributed by atoms with van der Waals surface area (Å²) in [6.45, 7) is 19.3. The van der Waals surface area contributed by atoms with E-state index in [0.717, 1.165) is 25.1 Å². The van der Waals surface area contributed by atoms with Crippen LogP contribution < -0.4 is 9.47 Å². The minimum Gasteiger partial charge on any atom is -0.506 e. The smallest absolute Gasteiger partial charge is 0.246 e. The zero-order chi connectivity index (χ0) is 40.7. The molecule has 3 unspecified atom stereocenters. The van der Waals surface area contributed by atoms with Gasteiger partial charge in [0.15, 0.2) is 22.8 Å². The minimum atomic E-state index is -1.55. The number of ether oxygens (including phenoxy) is 4. The molecule has 4 bridgehead atoms. The van der Waals surface area contributed by atoms with E-state index in [1.807, 2.05) is 58.7 Å². The number of benzene rings is 1. The molecular weight excluding hydrogens is 723 g/mol. The maximum atomic E-state index is 15.8. The lowest BCUT2D eigenvalue weighted by atomic mass is 9.44. The van der Waals surface area contributed by atoms with Crippen LogP contribution in [-0.4, -0.2) is 125 Å². The van der Waals surface area contributed by atoms with Gasteiger partial charge in [0.25, 0.3) is 0 Å². The number of carbonyl (C=O) groups excluding carboxylic acids is 3. The van der Waals surface area contributed by atoms with Crippen LogP contribution in [0.1, 0.15) is 95.6 Å². The number of phenolic OH excluding ortho intramolecular Hbond substituents is 1. The lowest BCUT2D eigenvalue weighted by molar-refractivity contribution is -0.215. The number of rotatable bonds is 9. The van der Waals surface area contributed by atoms with Crippen molar-refractivity contribution in [1.82, 2.24) is 14.7 Å². The summed E-state index contributed by atoms with van der Waals surface area (Å²) >= 11 is 0. The first-order valence-electron chi connectivity index (χ1n) is 21.0. The molecule has 5 aliphatic heterocycles. The minimum absolute atomic E-state index is 0.0796. The van der Waals surface area contributed by atoms with Crippen molar-refractivity contribution in [3.05, 3.63) is 58.2 Å². The highest BCUT2D eigenvalue weighted by Gasteiger charge is 2.85. The van der Waals surface area contributed by atoms with Crippen molar-refractivity contribution in [3.63, 3.8) is 0 Å². The summed E-state index contributed by atoms with van der Waals surface area (Å²) in [6, 6.07) is -0.471. The van der Waals surface area contributed by atoms with E-state index in [9.17, 15) is 9.90 Å². The number of ketones is 2. The molecule has 0 aromatic heterocycles. The summed E-state index contributed by atoms with van der Waals surface area (Å²) in [7, 11) is 2.05. The Kier molecular flexibility index (Phi) is 10.2. The van der Waals surface area contributed by atoms with Crippen molar-refractivity contribution >= 4 is 23.5 Å². The molecule has 11 nitrogen and oxygen atoms in total. The average Bonchev–Trinajstić information content (AvgIpc) is 3.30. The Morgan fingerprint density at radius 1 is 0.947 bits per heavy atom. The SMILES string of the molecule is CC(C)=CCC[C@]1(C)C=Cc2c(O)c3c(c(CC=C(C)C)c2O1)O[C@]12C(C3=O)C(N3CCOCC3)[C@@H]3CC1C(C)(C)O[C@@]2(C/C=C/C(=O)N1CCN(C)CC1)C3=O. The highest BCUT2D eigenvalue weighted by Crippen LogP contribution is 2.71. The standard InChI is InChI=1S/C46H61N3O8/c1-28(2)11-9-16-44(7)18-15-30-38(51)35-39(52)36-37(49-23-25-54-26-24-49)32-27-33-43(5,6)57-45(42(32)53,17-10-12-34(50)48-21-19-47(8)20-22-48)46(33,36)56-41(35)31(40(30)55-44)14-13-29(3)4/h10-13,15,18,32-33,36-37,51H,9,14,16-17,19-27H2,1-8H3/b12-10+/t32-,33?,36?,37?,44+,45-,46-/m0/s1. The Morgan fingerprint density at radius 2 is 1.65 bits per heavy atom. The molecule has 1 aromatic rings. The van der Waals surface area contributed by atoms with Crippen LogP contribution in [0.4, 0.5) is 0 Å². The molecule has 6 fully saturated rings. The number of carbonyl (C=O) groups is 3. The van der Waals surface area contributed by atoms with E-state index in [1.54, 1.807) is 12.2 Å². The van der Waals surface area contributed by atoms with E-state index in [-0.39, 0.29) is 46.9 Å². The summed E-state index contributed by atoms with van der Waals surface area (Å²) in [5.41, 5.74) is -0.886. The van der Waals surface area contributed by atoms with Gasteiger partial charge >= 0.3 is 0 Å². The molecule has 3 saturated heterocycles. The third-order valence-electron chi connectivity index (χ3n) is 14.0. The maximum Gasteiger partial charge on any atom is 0.246 e. The number of piperazine rings is 1. The summed E-state index contributed by atoms with van der Waals surface area (Å²) in [5.74, 6) is -1.47. The molecule has 1 N–H and O–H groups in total. The zero-order valence-corrected chi connectivity index (χ0v) is 35.1. The van der Waals surface area contributed by atoms with Crippen molar-refractivity contribution < 1.29 is 38.4 Å². The Morgan fingerprint density at radius 3 is 2.33 bits per heavy atom. The van der Waals surface area contributed by atoms with E-state index in [1.165, 1.54) is 5.57 Å². The quantitative estimate of drug-likeness (QED) is 0.239. The van der Waals surface area contributed by atoms with Crippen molar-refractivity contribution in [2.45, 2.75) is 109 Å². The molecule has 1 spiro atoms. The number of fused-ring (bicyclic) bond motifs is 2. The van der Waals surface area contributed by atoms with Gasteiger partial charge in [-0.25, -0.2) is 0 Å². The number of phenols is 1. The monoisotopic (exact) mass is 783 g/mol. The number of amides is 1. The van der Waals surface area contributed by atoms with Gasteiger partial charge in [-0.3, -0.25) is 19.3 Å². The topological polar surface area (TPSA) is 118 Å². The number of allylic oxidation sites excluding steroid dienone is 4. The summed E-state index contributed by atoms with van der Waals surface area (Å²) in [5, 5.41) is 12.3. The highest BCUT2D eigenvalue weighted by atomic mass is 16.6. The molecule has 9 rings (SSSR count). The maximum absolute atomic E-state index is 15.8. The molecule has 1 amide bonds. The number of aromatic hydroxyl groups is 1. The van der Waals surface area contributed by atoms with Crippen LogP contribution >= 0.6 is 0 Å². The van der Waals surface area contributed by atoms with E-state index in [0.29, 0.717) is 75.5 Å². The van der Waals surface area contributed by atoms with Gasteiger partial charge in [-0.2, -0.15) is 0 Å². The first-order valence-corrected chi connectivity index (χ1v) is 21.0. The summed E-state index contributed by atoms with van der Waals surface area (Å²) in [4.78, 5) is 51.0. The first-order chi connectivity index (χ1) is 27.0. The molecule has 3 aliphatic carbocycles. The van der Waals surface area contributed by atoms with Crippen molar-refractivity contribution in [2.75, 3.05) is 59.5 Å². The molecule has 57 heavy (non-hydrogen) atoms. The fourth-order valence-electron chi connectivity index (χ4n) is 11.2. The number of nitrogens with zero attached hydrogens (tertiary/aromatic N) is 3. The highest BCUT2D eigenvalue weighted by molar-refractivity contribution is 6.10. The Bertz CT molecular complexity index is 1960. The van der Waals surface area contributed by atoms with Gasteiger partial charge in [-0.1, -0.05) is 29.4 Å². The third kappa shape index (κ3) is 6.33. The molecule has 3 saturated carbocycles. The predicted molar refractivity (Wildman–Crippen MR) is 218 cm³/mol. The Balaban J connectivity index is 1.30. The van der Waals surface area contributed by atoms with Gasteiger partial charge in [-0.05, 0) is 99.4 Å². The number of hydrogen-bond donors (Lipinski definition) is 1. The lowest BCUT2D eigenvalue weighted by Gasteiger charge is -2.64. The normalized spacial score (nSPS) is 34.0. The number of Topliss-reactive ketones (excluding diaryl/α,β-unsaturated/α-hetero) is 2. The van der Waals surface area contributed by atoms with Crippen LogP contribution in [0.3, 0.4) is 0 Å². The van der Waals surface area contributed by atoms with Crippen LogP contribution in [0.15, 0.2) is 41.5 Å².